The molecule has 1 unspecified atom stereocenters. The first-order valence-electron chi connectivity index (χ1n) is 11.2. The SMILES string of the molecule is COC(=O)CCc1ccc(OCCC(C)Oc2ccc(Cl)cc2C(=O)c2ccccc2)cc1C. The van der Waals surface area contributed by atoms with E-state index >= 15 is 0 Å². The van der Waals surface area contributed by atoms with Crippen LogP contribution < -0.4 is 9.47 Å². The van der Waals surface area contributed by atoms with Crippen molar-refractivity contribution < 1.29 is 23.8 Å². The maximum absolute atomic E-state index is 13.0. The van der Waals surface area contributed by atoms with Gasteiger partial charge >= 0.3 is 5.97 Å². The fraction of sp³-hybridized carbons (Fsp3) is 0.286. The van der Waals surface area contributed by atoms with Crippen LogP contribution in [0.2, 0.25) is 5.02 Å². The summed E-state index contributed by atoms with van der Waals surface area (Å²) in [4.78, 5) is 24.3. The molecule has 3 rings (SSSR count). The molecule has 3 aromatic carbocycles. The molecule has 5 nitrogen and oxygen atoms in total. The molecule has 0 aliphatic rings. The quantitative estimate of drug-likeness (QED) is 0.241. The highest BCUT2D eigenvalue weighted by Crippen LogP contribution is 2.27. The van der Waals surface area contributed by atoms with Gasteiger partial charge in [0.05, 0.1) is 25.4 Å². The molecule has 0 aliphatic heterocycles. The highest BCUT2D eigenvalue weighted by molar-refractivity contribution is 6.31. The molecule has 178 valence electrons. The Morgan fingerprint density at radius 2 is 1.76 bits per heavy atom. The minimum atomic E-state index is -0.219. The smallest absolute Gasteiger partial charge is 0.305 e. The summed E-state index contributed by atoms with van der Waals surface area (Å²) in [5.41, 5.74) is 3.17. The lowest BCUT2D eigenvalue weighted by Crippen LogP contribution is -2.17. The van der Waals surface area contributed by atoms with E-state index in [2.05, 4.69) is 0 Å². The molecule has 6 heteroatoms. The van der Waals surface area contributed by atoms with E-state index in [-0.39, 0.29) is 17.9 Å². The van der Waals surface area contributed by atoms with E-state index in [9.17, 15) is 9.59 Å². The summed E-state index contributed by atoms with van der Waals surface area (Å²) < 4.78 is 16.7. The van der Waals surface area contributed by atoms with Crippen LogP contribution in [0.25, 0.3) is 0 Å². The molecule has 0 spiro atoms. The third kappa shape index (κ3) is 7.09. The number of hydrogen-bond donors (Lipinski definition) is 0. The summed E-state index contributed by atoms with van der Waals surface area (Å²) in [6, 6.07) is 20.0. The van der Waals surface area contributed by atoms with Gasteiger partial charge in [-0.25, -0.2) is 0 Å². The zero-order valence-corrected chi connectivity index (χ0v) is 20.4. The van der Waals surface area contributed by atoms with Crippen LogP contribution in [0.5, 0.6) is 11.5 Å². The number of methoxy groups -OCH3 is 1. The lowest BCUT2D eigenvalue weighted by molar-refractivity contribution is -0.140. The average Bonchev–Trinajstić information content (AvgIpc) is 2.84. The Balaban J connectivity index is 1.57. The van der Waals surface area contributed by atoms with E-state index in [1.54, 1.807) is 30.3 Å². The van der Waals surface area contributed by atoms with Crippen molar-refractivity contribution in [3.8, 4) is 11.5 Å². The van der Waals surface area contributed by atoms with Crippen molar-refractivity contribution in [2.24, 2.45) is 0 Å². The minimum Gasteiger partial charge on any atom is -0.493 e. The maximum Gasteiger partial charge on any atom is 0.305 e. The molecule has 1 atom stereocenters. The summed E-state index contributed by atoms with van der Waals surface area (Å²) in [5, 5.41) is 0.480. The van der Waals surface area contributed by atoms with Gasteiger partial charge in [0.15, 0.2) is 5.78 Å². The number of aryl methyl sites for hydroxylation is 2. The fourth-order valence-corrected chi connectivity index (χ4v) is 3.70. The van der Waals surface area contributed by atoms with Crippen molar-refractivity contribution >= 4 is 23.4 Å². The van der Waals surface area contributed by atoms with Crippen LogP contribution in [-0.4, -0.2) is 31.6 Å². The number of ether oxygens (including phenoxy) is 3. The molecule has 3 aromatic rings. The normalized spacial score (nSPS) is 11.5. The average molecular weight is 481 g/mol. The first-order chi connectivity index (χ1) is 16.4. The molecule has 0 N–H and O–H groups in total. The first-order valence-corrected chi connectivity index (χ1v) is 11.6. The zero-order chi connectivity index (χ0) is 24.5. The molecule has 0 saturated carbocycles. The molecule has 0 heterocycles. The molecule has 0 fully saturated rings. The van der Waals surface area contributed by atoms with Gasteiger partial charge in [-0.1, -0.05) is 48.0 Å². The van der Waals surface area contributed by atoms with Gasteiger partial charge in [0.2, 0.25) is 0 Å². The van der Waals surface area contributed by atoms with E-state index in [0.717, 1.165) is 16.9 Å². The number of hydrogen-bond acceptors (Lipinski definition) is 5. The number of ketones is 1. The number of carbonyl (C=O) groups excluding carboxylic acids is 2. The van der Waals surface area contributed by atoms with Gasteiger partial charge < -0.3 is 14.2 Å². The van der Waals surface area contributed by atoms with Gasteiger partial charge in [-0.15, -0.1) is 0 Å². The molecule has 0 radical (unpaired) electrons. The lowest BCUT2D eigenvalue weighted by atomic mass is 10.0. The van der Waals surface area contributed by atoms with Gasteiger partial charge in [0, 0.05) is 23.4 Å². The third-order valence-corrected chi connectivity index (χ3v) is 5.72. The second kappa shape index (κ2) is 12.2. The van der Waals surface area contributed by atoms with E-state index in [1.165, 1.54) is 7.11 Å². The van der Waals surface area contributed by atoms with Crippen LogP contribution in [0, 0.1) is 6.92 Å². The van der Waals surface area contributed by atoms with Gasteiger partial charge in [0.25, 0.3) is 0 Å². The van der Waals surface area contributed by atoms with Crippen molar-refractivity contribution in [3.63, 3.8) is 0 Å². The summed E-state index contributed by atoms with van der Waals surface area (Å²) in [5.74, 6) is 0.904. The van der Waals surface area contributed by atoms with E-state index in [1.807, 2.05) is 50.2 Å². The molecular formula is C28H29ClO5. The van der Waals surface area contributed by atoms with Crippen LogP contribution >= 0.6 is 11.6 Å². The highest BCUT2D eigenvalue weighted by atomic mass is 35.5. The Kier molecular flexibility index (Phi) is 9.11. The predicted octanol–water partition coefficient (Wildman–Crippen LogP) is 6.22. The number of carbonyl (C=O) groups is 2. The van der Waals surface area contributed by atoms with Gasteiger partial charge in [-0.3, -0.25) is 9.59 Å². The van der Waals surface area contributed by atoms with Crippen LogP contribution in [0.3, 0.4) is 0 Å². The Morgan fingerprint density at radius 3 is 2.47 bits per heavy atom. The standard InChI is InChI=1S/C28H29ClO5/c1-19-17-24(12-9-21(19)10-14-27(30)32-3)33-16-15-20(2)34-26-13-11-23(29)18-25(26)28(31)22-7-5-4-6-8-22/h4-9,11-13,17-18,20H,10,14-16H2,1-3H3. The van der Waals surface area contributed by atoms with Gasteiger partial charge in [-0.2, -0.15) is 0 Å². The molecule has 34 heavy (non-hydrogen) atoms. The summed E-state index contributed by atoms with van der Waals surface area (Å²) in [6.45, 7) is 4.39. The molecule has 0 bridgehead atoms. The molecule has 0 saturated heterocycles. The Hall–Kier alpha value is -3.31. The molecule has 0 aliphatic carbocycles. The zero-order valence-electron chi connectivity index (χ0n) is 19.7. The Bertz CT molecular complexity index is 1130. The first kappa shape index (κ1) is 25.3. The van der Waals surface area contributed by atoms with E-state index in [0.29, 0.717) is 47.8 Å². The van der Waals surface area contributed by atoms with Crippen molar-refractivity contribution in [1.29, 1.82) is 0 Å². The van der Waals surface area contributed by atoms with Crippen molar-refractivity contribution in [1.82, 2.24) is 0 Å². The maximum atomic E-state index is 13.0. The van der Waals surface area contributed by atoms with Crippen LogP contribution in [-0.2, 0) is 16.0 Å². The molecule has 0 amide bonds. The lowest BCUT2D eigenvalue weighted by Gasteiger charge is -2.18. The van der Waals surface area contributed by atoms with Crippen molar-refractivity contribution in [2.75, 3.05) is 13.7 Å². The van der Waals surface area contributed by atoms with E-state index < -0.39 is 0 Å². The topological polar surface area (TPSA) is 61.8 Å². The summed E-state index contributed by atoms with van der Waals surface area (Å²) in [6.07, 6.45) is 1.44. The molecular weight excluding hydrogens is 452 g/mol. The third-order valence-electron chi connectivity index (χ3n) is 5.48. The summed E-state index contributed by atoms with van der Waals surface area (Å²) in [7, 11) is 1.39. The Morgan fingerprint density at radius 1 is 1.00 bits per heavy atom. The van der Waals surface area contributed by atoms with Crippen LogP contribution in [0.15, 0.2) is 66.7 Å². The predicted molar refractivity (Wildman–Crippen MR) is 133 cm³/mol. The monoisotopic (exact) mass is 480 g/mol. The van der Waals surface area contributed by atoms with Crippen molar-refractivity contribution in [2.45, 2.75) is 39.2 Å². The largest absolute Gasteiger partial charge is 0.493 e. The second-order valence-corrected chi connectivity index (χ2v) is 8.50. The van der Waals surface area contributed by atoms with Crippen LogP contribution in [0.4, 0.5) is 0 Å². The van der Waals surface area contributed by atoms with Crippen molar-refractivity contribution in [3.05, 3.63) is 94.0 Å². The number of esters is 1. The second-order valence-electron chi connectivity index (χ2n) is 8.07. The Labute approximate surface area is 205 Å². The number of benzene rings is 3. The fourth-order valence-electron chi connectivity index (χ4n) is 3.52. The number of rotatable bonds is 11. The van der Waals surface area contributed by atoms with Crippen LogP contribution in [0.1, 0.15) is 46.8 Å². The molecule has 0 aromatic heterocycles. The minimum absolute atomic E-state index is 0.135. The van der Waals surface area contributed by atoms with Gasteiger partial charge in [0.1, 0.15) is 11.5 Å². The van der Waals surface area contributed by atoms with Gasteiger partial charge in [-0.05, 0) is 61.7 Å². The highest BCUT2D eigenvalue weighted by Gasteiger charge is 2.17. The van der Waals surface area contributed by atoms with E-state index in [4.69, 9.17) is 25.8 Å². The summed E-state index contributed by atoms with van der Waals surface area (Å²) >= 11 is 6.15. The number of halogens is 1.